The molecule has 0 radical (unpaired) electrons. The van der Waals surface area contributed by atoms with Crippen LogP contribution in [0, 0.1) is 24.6 Å². The standard InChI is InChI=1S/C19H23FN4O3S/c1-11-18(24-16-6-5-14(7-15(16)20)28(2,25)26)22-10-23-19(11)27-17-12-3-4-13(17)9-21-8-12/h5-7,10,12-13,17,21H,3-4,8-9H2,1-2H3,(H,22,23,24). The Labute approximate surface area is 163 Å². The molecule has 1 aromatic carbocycles. The number of ether oxygens (including phenoxy) is 1. The summed E-state index contributed by atoms with van der Waals surface area (Å²) in [4.78, 5) is 8.40. The van der Waals surface area contributed by atoms with Crippen LogP contribution in [0.25, 0.3) is 0 Å². The Hall–Kier alpha value is -2.26. The Morgan fingerprint density at radius 2 is 1.93 bits per heavy atom. The third-order valence-electron chi connectivity index (χ3n) is 5.56. The van der Waals surface area contributed by atoms with Gasteiger partial charge in [-0.05, 0) is 38.0 Å². The number of nitrogens with zero attached hydrogens (tertiary/aromatic N) is 2. The molecule has 1 saturated heterocycles. The molecule has 0 spiro atoms. The maximum atomic E-state index is 14.4. The summed E-state index contributed by atoms with van der Waals surface area (Å²) < 4.78 is 43.8. The smallest absolute Gasteiger partial charge is 0.221 e. The Kier molecular flexibility index (Phi) is 4.96. The molecule has 2 N–H and O–H groups in total. The lowest BCUT2D eigenvalue weighted by Gasteiger charge is -2.31. The quantitative estimate of drug-likeness (QED) is 0.788. The highest BCUT2D eigenvalue weighted by molar-refractivity contribution is 7.90. The van der Waals surface area contributed by atoms with Gasteiger partial charge in [-0.1, -0.05) is 0 Å². The number of halogens is 1. The van der Waals surface area contributed by atoms with Gasteiger partial charge in [-0.2, -0.15) is 0 Å². The summed E-state index contributed by atoms with van der Waals surface area (Å²) in [6, 6.07) is 3.75. The number of hydrogen-bond acceptors (Lipinski definition) is 7. The first-order valence-corrected chi connectivity index (χ1v) is 11.2. The van der Waals surface area contributed by atoms with E-state index in [-0.39, 0.29) is 16.7 Å². The van der Waals surface area contributed by atoms with Crippen LogP contribution in [0.4, 0.5) is 15.9 Å². The van der Waals surface area contributed by atoms with Crippen molar-refractivity contribution in [2.45, 2.75) is 30.8 Å². The van der Waals surface area contributed by atoms with Gasteiger partial charge in [0, 0.05) is 31.2 Å². The summed E-state index contributed by atoms with van der Waals surface area (Å²) in [5.74, 6) is 1.21. The van der Waals surface area contributed by atoms with Gasteiger partial charge in [-0.15, -0.1) is 0 Å². The van der Waals surface area contributed by atoms with Gasteiger partial charge in [0.1, 0.15) is 24.1 Å². The molecule has 7 nitrogen and oxygen atoms in total. The van der Waals surface area contributed by atoms with Crippen LogP contribution in [0.3, 0.4) is 0 Å². The molecule has 1 aromatic heterocycles. The maximum Gasteiger partial charge on any atom is 0.221 e. The third-order valence-corrected chi connectivity index (χ3v) is 6.67. The van der Waals surface area contributed by atoms with Crippen molar-refractivity contribution in [1.29, 1.82) is 0 Å². The van der Waals surface area contributed by atoms with Crippen molar-refractivity contribution in [1.82, 2.24) is 15.3 Å². The van der Waals surface area contributed by atoms with Crippen molar-refractivity contribution in [2.75, 3.05) is 24.7 Å². The van der Waals surface area contributed by atoms with Crippen molar-refractivity contribution in [3.63, 3.8) is 0 Å². The molecule has 4 rings (SSSR count). The highest BCUT2D eigenvalue weighted by Gasteiger charge is 2.41. The summed E-state index contributed by atoms with van der Waals surface area (Å²) in [7, 11) is -3.47. The molecule has 9 heteroatoms. The first-order chi connectivity index (χ1) is 13.3. The highest BCUT2D eigenvalue weighted by atomic mass is 32.2. The average Bonchev–Trinajstić information content (AvgIpc) is 2.86. The van der Waals surface area contributed by atoms with Gasteiger partial charge in [0.2, 0.25) is 5.88 Å². The monoisotopic (exact) mass is 406 g/mol. The molecule has 2 aromatic rings. The number of piperidine rings is 1. The number of rotatable bonds is 5. The zero-order valence-electron chi connectivity index (χ0n) is 15.8. The van der Waals surface area contributed by atoms with Crippen LogP contribution in [0.5, 0.6) is 5.88 Å². The van der Waals surface area contributed by atoms with Gasteiger partial charge < -0.3 is 15.4 Å². The predicted molar refractivity (Wildman–Crippen MR) is 103 cm³/mol. The summed E-state index contributed by atoms with van der Waals surface area (Å²) in [6.45, 7) is 3.73. The fourth-order valence-electron chi connectivity index (χ4n) is 3.99. The van der Waals surface area contributed by atoms with E-state index in [2.05, 4.69) is 20.6 Å². The summed E-state index contributed by atoms with van der Waals surface area (Å²) in [6.07, 6.45) is 4.86. The van der Waals surface area contributed by atoms with Crippen molar-refractivity contribution in [2.24, 2.45) is 11.8 Å². The van der Waals surface area contributed by atoms with Crippen LogP contribution < -0.4 is 15.4 Å². The number of sulfone groups is 1. The topological polar surface area (TPSA) is 93.2 Å². The summed E-state index contributed by atoms with van der Waals surface area (Å²) >= 11 is 0. The number of nitrogens with one attached hydrogen (secondary N) is 2. The van der Waals surface area contributed by atoms with Crippen LogP contribution in [-0.2, 0) is 9.84 Å². The zero-order chi connectivity index (χ0) is 19.9. The average molecular weight is 406 g/mol. The third kappa shape index (κ3) is 3.68. The highest BCUT2D eigenvalue weighted by Crippen LogP contribution is 2.37. The van der Waals surface area contributed by atoms with Crippen molar-refractivity contribution in [3.05, 3.63) is 35.9 Å². The SMILES string of the molecule is Cc1c(Nc2ccc(S(C)(=O)=O)cc2F)ncnc1OC1C2CCC1CNC2. The van der Waals surface area contributed by atoms with Crippen molar-refractivity contribution < 1.29 is 17.5 Å². The Morgan fingerprint density at radius 1 is 1.21 bits per heavy atom. The summed E-state index contributed by atoms with van der Waals surface area (Å²) in [5, 5.41) is 6.35. The van der Waals surface area contributed by atoms with Gasteiger partial charge >= 0.3 is 0 Å². The fraction of sp³-hybridized carbons (Fsp3) is 0.474. The molecular formula is C19H23FN4O3S. The molecule has 2 atom stereocenters. The van der Waals surface area contributed by atoms with E-state index < -0.39 is 15.7 Å². The Bertz CT molecular complexity index is 983. The normalized spacial score (nSPS) is 24.2. The van der Waals surface area contributed by atoms with E-state index in [0.717, 1.165) is 38.3 Å². The number of anilines is 2. The minimum Gasteiger partial charge on any atom is -0.473 e. The second-order valence-corrected chi connectivity index (χ2v) is 9.55. The van der Waals surface area contributed by atoms with E-state index in [1.165, 1.54) is 18.5 Å². The Morgan fingerprint density at radius 3 is 2.57 bits per heavy atom. The van der Waals surface area contributed by atoms with Gasteiger partial charge in [0.25, 0.3) is 0 Å². The largest absolute Gasteiger partial charge is 0.473 e. The molecule has 28 heavy (non-hydrogen) atoms. The molecule has 1 aliphatic heterocycles. The molecule has 2 fully saturated rings. The number of fused-ring (bicyclic) bond motifs is 2. The van der Waals surface area contributed by atoms with E-state index in [0.29, 0.717) is 29.1 Å². The van der Waals surface area contributed by atoms with Gasteiger partial charge in [-0.3, -0.25) is 0 Å². The molecule has 2 unspecified atom stereocenters. The molecule has 2 bridgehead atoms. The van der Waals surface area contributed by atoms with E-state index in [1.807, 2.05) is 6.92 Å². The summed E-state index contributed by atoms with van der Waals surface area (Å²) in [5.41, 5.74) is 0.828. The van der Waals surface area contributed by atoms with E-state index >= 15 is 0 Å². The molecule has 1 saturated carbocycles. The van der Waals surface area contributed by atoms with Crippen LogP contribution in [0.1, 0.15) is 18.4 Å². The van der Waals surface area contributed by atoms with Crippen LogP contribution >= 0.6 is 0 Å². The molecular weight excluding hydrogens is 383 g/mol. The fourth-order valence-corrected chi connectivity index (χ4v) is 4.62. The van der Waals surface area contributed by atoms with Crippen LogP contribution in [-0.4, -0.2) is 43.8 Å². The molecule has 2 heterocycles. The van der Waals surface area contributed by atoms with Crippen LogP contribution in [0.15, 0.2) is 29.4 Å². The Balaban J connectivity index is 1.56. The van der Waals surface area contributed by atoms with E-state index in [4.69, 9.17) is 4.74 Å². The number of hydrogen-bond donors (Lipinski definition) is 2. The van der Waals surface area contributed by atoms with Gasteiger partial charge in [-0.25, -0.2) is 22.8 Å². The molecule has 2 aliphatic rings. The first kappa shape index (κ1) is 19.1. The first-order valence-electron chi connectivity index (χ1n) is 9.28. The lowest BCUT2D eigenvalue weighted by Crippen LogP contribution is -2.44. The maximum absolute atomic E-state index is 14.4. The lowest BCUT2D eigenvalue weighted by atomic mass is 9.96. The minimum atomic E-state index is -3.47. The predicted octanol–water partition coefficient (Wildman–Crippen LogP) is 2.45. The van der Waals surface area contributed by atoms with Crippen molar-refractivity contribution >= 4 is 21.3 Å². The van der Waals surface area contributed by atoms with Crippen molar-refractivity contribution in [3.8, 4) is 5.88 Å². The van der Waals surface area contributed by atoms with Gasteiger partial charge in [0.05, 0.1) is 16.1 Å². The van der Waals surface area contributed by atoms with Crippen LogP contribution in [0.2, 0.25) is 0 Å². The zero-order valence-corrected chi connectivity index (χ0v) is 16.6. The lowest BCUT2D eigenvalue weighted by molar-refractivity contribution is 0.0877. The van der Waals surface area contributed by atoms with E-state index in [9.17, 15) is 12.8 Å². The molecule has 150 valence electrons. The number of aromatic nitrogens is 2. The number of benzene rings is 1. The molecule has 0 amide bonds. The second-order valence-electron chi connectivity index (χ2n) is 7.53. The molecule has 1 aliphatic carbocycles. The second kappa shape index (κ2) is 7.29. The minimum absolute atomic E-state index is 0.0691. The van der Waals surface area contributed by atoms with E-state index in [1.54, 1.807) is 0 Å². The van der Waals surface area contributed by atoms with Gasteiger partial charge in [0.15, 0.2) is 9.84 Å².